The Kier molecular flexibility index (Phi) is 5.43. The molecule has 1 heterocycles. The lowest BCUT2D eigenvalue weighted by molar-refractivity contribution is 0.0696. The number of benzene rings is 3. The van der Waals surface area contributed by atoms with Crippen LogP contribution in [-0.4, -0.2) is 34.7 Å². The Morgan fingerprint density at radius 3 is 2.41 bits per heavy atom. The molecule has 0 aromatic heterocycles. The van der Waals surface area contributed by atoms with E-state index in [0.717, 1.165) is 7.11 Å². The van der Waals surface area contributed by atoms with E-state index < -0.39 is 5.97 Å². The van der Waals surface area contributed by atoms with Crippen LogP contribution in [0.5, 0.6) is 5.75 Å². The number of carboxylic acids is 1. The number of fused-ring (bicyclic) bond motifs is 2. The van der Waals surface area contributed by atoms with Crippen LogP contribution in [0.3, 0.4) is 0 Å². The molecule has 0 amide bonds. The van der Waals surface area contributed by atoms with Crippen molar-refractivity contribution < 1.29 is 29.3 Å². The molecule has 2 aliphatic rings. The summed E-state index contributed by atoms with van der Waals surface area (Å²) in [6, 6.07) is 13.0. The Balaban J connectivity index is 0.00000117. The van der Waals surface area contributed by atoms with E-state index in [1.165, 1.54) is 42.5 Å². The van der Waals surface area contributed by atoms with Gasteiger partial charge in [0, 0.05) is 41.3 Å². The highest BCUT2D eigenvalue weighted by Crippen LogP contribution is 2.41. The molecule has 146 valence electrons. The number of rotatable bonds is 3. The molecular formula is C22H16O7. The molecule has 0 unspecified atom stereocenters. The van der Waals surface area contributed by atoms with Crippen LogP contribution in [0, 0.1) is 0 Å². The molecule has 0 fully saturated rings. The van der Waals surface area contributed by atoms with Crippen LogP contribution >= 0.6 is 0 Å². The molecule has 29 heavy (non-hydrogen) atoms. The first-order valence-electron chi connectivity index (χ1n) is 8.45. The van der Waals surface area contributed by atoms with E-state index in [1.807, 2.05) is 0 Å². The highest BCUT2D eigenvalue weighted by molar-refractivity contribution is 6.06. The van der Waals surface area contributed by atoms with Gasteiger partial charge in [0.1, 0.15) is 17.1 Å². The first kappa shape index (κ1) is 19.8. The molecule has 1 aliphatic carbocycles. The van der Waals surface area contributed by atoms with Crippen molar-refractivity contribution in [2.45, 2.75) is 0 Å². The van der Waals surface area contributed by atoms with Crippen molar-refractivity contribution in [2.24, 2.45) is 0 Å². The molecule has 7 heteroatoms. The summed E-state index contributed by atoms with van der Waals surface area (Å²) in [4.78, 5) is 34.8. The number of aromatic carboxylic acids is 1. The van der Waals surface area contributed by atoms with Crippen molar-refractivity contribution in [2.75, 3.05) is 7.11 Å². The van der Waals surface area contributed by atoms with Crippen LogP contribution in [0.25, 0.3) is 33.4 Å². The molecule has 0 bridgehead atoms. The molecule has 0 saturated heterocycles. The third-order valence-electron chi connectivity index (χ3n) is 4.37. The minimum absolute atomic E-state index is 0.0234. The zero-order chi connectivity index (χ0) is 21.1. The number of hydrogen-bond acceptors (Lipinski definition) is 6. The van der Waals surface area contributed by atoms with Crippen molar-refractivity contribution >= 4 is 23.2 Å². The molecule has 7 nitrogen and oxygen atoms in total. The van der Waals surface area contributed by atoms with E-state index in [-0.39, 0.29) is 22.5 Å². The number of carbonyl (C=O) groups is 2. The Morgan fingerprint density at radius 1 is 0.966 bits per heavy atom. The second kappa shape index (κ2) is 7.95. The van der Waals surface area contributed by atoms with Crippen LogP contribution in [0.4, 0.5) is 0 Å². The SMILES string of the molecule is CO.O=Cc1ccc(C(=O)O)cc1-c1c2ccc(=O)cc-2oc2cc(O)ccc12. The monoisotopic (exact) mass is 392 g/mol. The largest absolute Gasteiger partial charge is 0.508 e. The van der Waals surface area contributed by atoms with Gasteiger partial charge in [-0.15, -0.1) is 0 Å². The quantitative estimate of drug-likeness (QED) is 0.360. The maximum atomic E-state index is 11.8. The second-order valence-electron chi connectivity index (χ2n) is 6.04. The number of phenolic OH excluding ortho intramolecular Hbond substituents is 1. The van der Waals surface area contributed by atoms with Gasteiger partial charge in [0.05, 0.1) is 5.56 Å². The van der Waals surface area contributed by atoms with E-state index in [9.17, 15) is 24.6 Å². The van der Waals surface area contributed by atoms with Crippen LogP contribution in [0.15, 0.2) is 63.8 Å². The Labute approximate surface area is 164 Å². The second-order valence-corrected chi connectivity index (χ2v) is 6.04. The van der Waals surface area contributed by atoms with Gasteiger partial charge in [-0.05, 0) is 42.0 Å². The first-order valence-corrected chi connectivity index (χ1v) is 8.45. The molecule has 4 rings (SSSR count). The summed E-state index contributed by atoms with van der Waals surface area (Å²) >= 11 is 0. The van der Waals surface area contributed by atoms with Gasteiger partial charge in [0.15, 0.2) is 11.7 Å². The summed E-state index contributed by atoms with van der Waals surface area (Å²) in [7, 11) is 1.00. The van der Waals surface area contributed by atoms with Crippen LogP contribution in [-0.2, 0) is 0 Å². The molecule has 0 spiro atoms. The predicted octanol–water partition coefficient (Wildman–Crippen LogP) is 3.39. The number of phenols is 1. The van der Waals surface area contributed by atoms with Crippen LogP contribution in [0.1, 0.15) is 20.7 Å². The van der Waals surface area contributed by atoms with E-state index in [1.54, 1.807) is 12.1 Å². The Bertz CT molecular complexity index is 1250. The van der Waals surface area contributed by atoms with Crippen molar-refractivity contribution in [3.05, 3.63) is 75.9 Å². The first-order chi connectivity index (χ1) is 14.0. The van der Waals surface area contributed by atoms with Gasteiger partial charge in [0.2, 0.25) is 0 Å². The van der Waals surface area contributed by atoms with E-state index in [4.69, 9.17) is 9.52 Å². The average molecular weight is 392 g/mol. The number of hydrogen-bond donors (Lipinski definition) is 3. The van der Waals surface area contributed by atoms with Gasteiger partial charge in [-0.1, -0.05) is 6.07 Å². The fourth-order valence-electron chi connectivity index (χ4n) is 3.16. The Hall–Kier alpha value is -3.97. The fraction of sp³-hybridized carbons (Fsp3) is 0.0455. The summed E-state index contributed by atoms with van der Waals surface area (Å²) in [5.41, 5.74) is 1.88. The lowest BCUT2D eigenvalue weighted by atomic mass is 9.90. The molecule has 2 aromatic carbocycles. The van der Waals surface area contributed by atoms with Gasteiger partial charge in [-0.2, -0.15) is 0 Å². The molecule has 3 N–H and O–H groups in total. The molecular weight excluding hydrogens is 376 g/mol. The van der Waals surface area contributed by atoms with Crippen molar-refractivity contribution in [1.29, 1.82) is 0 Å². The lowest BCUT2D eigenvalue weighted by Gasteiger charge is -2.16. The third kappa shape index (κ3) is 3.59. The predicted molar refractivity (Wildman–Crippen MR) is 107 cm³/mol. The smallest absolute Gasteiger partial charge is 0.335 e. The molecule has 0 saturated carbocycles. The fourth-order valence-corrected chi connectivity index (χ4v) is 3.16. The summed E-state index contributed by atoms with van der Waals surface area (Å²) in [5.74, 6) is -0.875. The highest BCUT2D eigenvalue weighted by Gasteiger charge is 2.20. The molecule has 0 radical (unpaired) electrons. The normalized spacial score (nSPS) is 10.4. The summed E-state index contributed by atoms with van der Waals surface area (Å²) in [6.07, 6.45) is 0.644. The molecule has 2 aromatic rings. The minimum atomic E-state index is -1.12. The number of aliphatic hydroxyl groups excluding tert-OH is 1. The highest BCUT2D eigenvalue weighted by atomic mass is 16.4. The van der Waals surface area contributed by atoms with Gasteiger partial charge in [-0.25, -0.2) is 4.79 Å². The topological polar surface area (TPSA) is 125 Å². The number of aromatic hydroxyl groups is 1. The van der Waals surface area contributed by atoms with Gasteiger partial charge >= 0.3 is 5.97 Å². The Morgan fingerprint density at radius 2 is 1.72 bits per heavy atom. The average Bonchev–Trinajstić information content (AvgIpc) is 2.72. The maximum absolute atomic E-state index is 11.8. The number of aliphatic hydroxyl groups is 1. The zero-order valence-electron chi connectivity index (χ0n) is 15.2. The summed E-state index contributed by atoms with van der Waals surface area (Å²) < 4.78 is 5.76. The number of carboxylic acid groups (broad SMARTS) is 1. The minimum Gasteiger partial charge on any atom is -0.508 e. The van der Waals surface area contributed by atoms with Crippen LogP contribution in [0.2, 0.25) is 0 Å². The zero-order valence-corrected chi connectivity index (χ0v) is 15.2. The van der Waals surface area contributed by atoms with Crippen molar-refractivity contribution in [1.82, 2.24) is 0 Å². The van der Waals surface area contributed by atoms with Gasteiger partial charge in [0.25, 0.3) is 0 Å². The molecule has 0 atom stereocenters. The molecule has 1 aliphatic heterocycles. The summed E-state index contributed by atoms with van der Waals surface area (Å²) in [5, 5.41) is 26.7. The number of aldehydes is 1. The maximum Gasteiger partial charge on any atom is 0.335 e. The van der Waals surface area contributed by atoms with Crippen molar-refractivity contribution in [3.63, 3.8) is 0 Å². The van der Waals surface area contributed by atoms with E-state index >= 15 is 0 Å². The lowest BCUT2D eigenvalue weighted by Crippen LogP contribution is -2.02. The van der Waals surface area contributed by atoms with Crippen LogP contribution < -0.4 is 5.43 Å². The van der Waals surface area contributed by atoms with E-state index in [2.05, 4.69) is 0 Å². The van der Waals surface area contributed by atoms with Gasteiger partial charge < -0.3 is 19.7 Å². The summed E-state index contributed by atoms with van der Waals surface area (Å²) in [6.45, 7) is 0. The van der Waals surface area contributed by atoms with Crippen molar-refractivity contribution in [3.8, 4) is 28.2 Å². The third-order valence-corrected chi connectivity index (χ3v) is 4.37. The van der Waals surface area contributed by atoms with Gasteiger partial charge in [-0.3, -0.25) is 9.59 Å². The van der Waals surface area contributed by atoms with E-state index in [0.29, 0.717) is 39.5 Å². The number of carbonyl (C=O) groups excluding carboxylic acids is 1. The standard InChI is InChI=1S/C21H12O6.CH4O/c22-10-12-2-1-11(21(25)26)7-17(12)20-15-5-3-13(23)8-18(15)27-19-9-14(24)4-6-16(19)20;1-2/h1-10,23H,(H,25,26);2H,1H3.